The minimum atomic E-state index is -0.234. The fourth-order valence-corrected chi connectivity index (χ4v) is 2.42. The molecule has 2 rings (SSSR count). The van der Waals surface area contributed by atoms with Crippen LogP contribution in [0.25, 0.3) is 0 Å². The van der Waals surface area contributed by atoms with Crippen LogP contribution in [-0.2, 0) is 4.74 Å². The molecule has 3 N–H and O–H groups in total. The van der Waals surface area contributed by atoms with Gasteiger partial charge in [0.1, 0.15) is 0 Å². The Morgan fingerprint density at radius 1 is 1.17 bits per heavy atom. The smallest absolute Gasteiger partial charge is 0.320 e. The highest BCUT2D eigenvalue weighted by atomic mass is 16.5. The van der Waals surface area contributed by atoms with E-state index in [9.17, 15) is 4.79 Å². The Kier molecular flexibility index (Phi) is 3.75. The molecule has 0 atom stereocenters. The van der Waals surface area contributed by atoms with Crippen molar-refractivity contribution in [3.63, 3.8) is 0 Å². The van der Waals surface area contributed by atoms with Gasteiger partial charge in [0.05, 0.1) is 19.0 Å². The van der Waals surface area contributed by atoms with Crippen LogP contribution in [0, 0.1) is 10.8 Å². The zero-order valence-corrected chi connectivity index (χ0v) is 10.9. The number of amides is 2. The minimum absolute atomic E-state index is 0.101. The van der Waals surface area contributed by atoms with Gasteiger partial charge in [-0.15, -0.1) is 0 Å². The Hall–Kier alpha value is -1.30. The van der Waals surface area contributed by atoms with Gasteiger partial charge in [0.25, 0.3) is 0 Å². The van der Waals surface area contributed by atoms with Crippen LogP contribution in [0.3, 0.4) is 0 Å². The zero-order chi connectivity index (χ0) is 13.2. The van der Waals surface area contributed by atoms with E-state index in [2.05, 4.69) is 0 Å². The summed E-state index contributed by atoms with van der Waals surface area (Å²) in [7, 11) is 0. The highest BCUT2D eigenvalue weighted by Crippen LogP contribution is 2.30. The Morgan fingerprint density at radius 2 is 1.67 bits per heavy atom. The number of hydrogen-bond acceptors (Lipinski definition) is 3. The fourth-order valence-electron chi connectivity index (χ4n) is 2.42. The number of likely N-dealkylation sites (tertiary alicyclic amines) is 1. The number of ether oxygens (including phenoxy) is 1. The Morgan fingerprint density at radius 3 is 2.17 bits per heavy atom. The molecule has 0 aromatic carbocycles. The number of carbonyl (C=O) groups is 1. The molecule has 18 heavy (non-hydrogen) atoms. The molecular formula is C12H22N4O2. The number of nitrogens with one attached hydrogen (secondary N) is 1. The van der Waals surface area contributed by atoms with E-state index in [4.69, 9.17) is 15.9 Å². The molecule has 0 aromatic heterocycles. The number of nitrogens with zero attached hydrogens (tertiary/aromatic N) is 2. The standard InChI is InChI=1S/C12H22N4O2/c1-12(10(13)14)2-4-15(5-3-12)11(17)16-6-8-18-9-7-16/h2-9H2,1H3,(H3,13,14). The average molecular weight is 254 g/mol. The van der Waals surface area contributed by atoms with Crippen LogP contribution in [0.4, 0.5) is 4.79 Å². The second kappa shape index (κ2) is 5.14. The van der Waals surface area contributed by atoms with E-state index in [1.54, 1.807) is 0 Å². The van der Waals surface area contributed by atoms with Gasteiger partial charge >= 0.3 is 6.03 Å². The van der Waals surface area contributed by atoms with Crippen molar-refractivity contribution in [2.45, 2.75) is 19.8 Å². The van der Waals surface area contributed by atoms with Crippen LogP contribution in [0.1, 0.15) is 19.8 Å². The molecule has 0 spiro atoms. The van der Waals surface area contributed by atoms with Gasteiger partial charge in [0.2, 0.25) is 0 Å². The number of urea groups is 1. The van der Waals surface area contributed by atoms with Crippen LogP contribution in [0.15, 0.2) is 0 Å². The van der Waals surface area contributed by atoms with Crippen LogP contribution in [0.5, 0.6) is 0 Å². The highest BCUT2D eigenvalue weighted by Gasteiger charge is 2.35. The largest absolute Gasteiger partial charge is 0.387 e. The lowest BCUT2D eigenvalue weighted by Gasteiger charge is -2.41. The average Bonchev–Trinajstić information content (AvgIpc) is 2.40. The van der Waals surface area contributed by atoms with Crippen molar-refractivity contribution >= 4 is 11.9 Å². The van der Waals surface area contributed by atoms with Crippen LogP contribution >= 0.6 is 0 Å². The minimum Gasteiger partial charge on any atom is -0.387 e. The molecule has 2 aliphatic rings. The summed E-state index contributed by atoms with van der Waals surface area (Å²) < 4.78 is 5.24. The van der Waals surface area contributed by atoms with E-state index >= 15 is 0 Å². The number of amidine groups is 1. The topological polar surface area (TPSA) is 82.7 Å². The molecule has 0 bridgehead atoms. The summed E-state index contributed by atoms with van der Waals surface area (Å²) in [5, 5.41) is 7.60. The molecule has 0 saturated carbocycles. The molecule has 2 amide bonds. The molecule has 2 heterocycles. The zero-order valence-electron chi connectivity index (χ0n) is 10.9. The Labute approximate surface area is 108 Å². The number of piperidine rings is 1. The van der Waals surface area contributed by atoms with E-state index < -0.39 is 0 Å². The molecule has 0 radical (unpaired) electrons. The van der Waals surface area contributed by atoms with Gasteiger partial charge in [0, 0.05) is 31.6 Å². The number of nitrogens with two attached hydrogens (primary N) is 1. The van der Waals surface area contributed by atoms with Crippen molar-refractivity contribution in [3.05, 3.63) is 0 Å². The van der Waals surface area contributed by atoms with Crippen molar-refractivity contribution in [1.82, 2.24) is 9.80 Å². The third kappa shape index (κ3) is 2.58. The SMILES string of the molecule is CC1(C(=N)N)CCN(C(=O)N2CCOCC2)CC1. The maximum absolute atomic E-state index is 12.2. The third-order valence-corrected chi connectivity index (χ3v) is 4.07. The van der Waals surface area contributed by atoms with Crippen molar-refractivity contribution in [1.29, 1.82) is 5.41 Å². The molecule has 2 fully saturated rings. The Bertz CT molecular complexity index is 331. The molecule has 2 aliphatic heterocycles. The van der Waals surface area contributed by atoms with Crippen LogP contribution < -0.4 is 5.73 Å². The first kappa shape index (κ1) is 13.1. The maximum atomic E-state index is 12.2. The van der Waals surface area contributed by atoms with Crippen molar-refractivity contribution in [3.8, 4) is 0 Å². The van der Waals surface area contributed by atoms with Gasteiger partial charge in [-0.2, -0.15) is 0 Å². The molecule has 0 unspecified atom stereocenters. The van der Waals surface area contributed by atoms with E-state index in [0.717, 1.165) is 12.8 Å². The van der Waals surface area contributed by atoms with Crippen molar-refractivity contribution in [2.75, 3.05) is 39.4 Å². The molecule has 2 saturated heterocycles. The summed E-state index contributed by atoms with van der Waals surface area (Å²) >= 11 is 0. The number of carbonyl (C=O) groups excluding carboxylic acids is 1. The summed E-state index contributed by atoms with van der Waals surface area (Å²) in [6.45, 7) is 6.00. The molecule has 102 valence electrons. The number of morpholine rings is 1. The first-order valence-corrected chi connectivity index (χ1v) is 6.49. The lowest BCUT2D eigenvalue weighted by molar-refractivity contribution is 0.0390. The fraction of sp³-hybridized carbons (Fsp3) is 0.833. The summed E-state index contributed by atoms with van der Waals surface area (Å²) in [4.78, 5) is 16.0. The normalized spacial score (nSPS) is 23.8. The molecule has 6 heteroatoms. The second-order valence-corrected chi connectivity index (χ2v) is 5.34. The molecular weight excluding hydrogens is 232 g/mol. The molecule has 0 aromatic rings. The van der Waals surface area contributed by atoms with Gasteiger partial charge in [-0.05, 0) is 12.8 Å². The van der Waals surface area contributed by atoms with Gasteiger partial charge in [-0.25, -0.2) is 4.79 Å². The first-order valence-electron chi connectivity index (χ1n) is 6.49. The van der Waals surface area contributed by atoms with Crippen molar-refractivity contribution < 1.29 is 9.53 Å². The number of hydrogen-bond donors (Lipinski definition) is 2. The predicted molar refractivity (Wildman–Crippen MR) is 68.6 cm³/mol. The lowest BCUT2D eigenvalue weighted by atomic mass is 9.79. The van der Waals surface area contributed by atoms with E-state index in [1.165, 1.54) is 0 Å². The summed E-state index contributed by atoms with van der Waals surface area (Å²) in [5.41, 5.74) is 5.38. The summed E-state index contributed by atoms with van der Waals surface area (Å²) in [6, 6.07) is 0.101. The first-order chi connectivity index (χ1) is 8.53. The maximum Gasteiger partial charge on any atom is 0.320 e. The monoisotopic (exact) mass is 254 g/mol. The van der Waals surface area contributed by atoms with E-state index in [0.29, 0.717) is 39.4 Å². The van der Waals surface area contributed by atoms with Gasteiger partial charge in [0.15, 0.2) is 0 Å². The van der Waals surface area contributed by atoms with Crippen LogP contribution in [0.2, 0.25) is 0 Å². The Balaban J connectivity index is 1.89. The van der Waals surface area contributed by atoms with Crippen LogP contribution in [-0.4, -0.2) is 61.1 Å². The summed E-state index contributed by atoms with van der Waals surface area (Å²) in [6.07, 6.45) is 1.55. The summed E-state index contributed by atoms with van der Waals surface area (Å²) in [5.74, 6) is 0.237. The van der Waals surface area contributed by atoms with E-state index in [1.807, 2.05) is 16.7 Å². The lowest BCUT2D eigenvalue weighted by Crippen LogP contribution is -2.53. The number of rotatable bonds is 1. The predicted octanol–water partition coefficient (Wildman–Crippen LogP) is 0.477. The van der Waals surface area contributed by atoms with Crippen molar-refractivity contribution in [2.24, 2.45) is 11.1 Å². The van der Waals surface area contributed by atoms with Gasteiger partial charge in [-0.3, -0.25) is 5.41 Å². The van der Waals surface area contributed by atoms with Gasteiger partial charge in [-0.1, -0.05) is 6.92 Å². The second-order valence-electron chi connectivity index (χ2n) is 5.34. The molecule has 6 nitrogen and oxygen atoms in total. The van der Waals surface area contributed by atoms with E-state index in [-0.39, 0.29) is 17.3 Å². The highest BCUT2D eigenvalue weighted by molar-refractivity contribution is 5.83. The van der Waals surface area contributed by atoms with Gasteiger partial charge < -0.3 is 20.3 Å². The third-order valence-electron chi connectivity index (χ3n) is 4.07. The quantitative estimate of drug-likeness (QED) is 0.527. The molecule has 0 aliphatic carbocycles.